The highest BCUT2D eigenvalue weighted by molar-refractivity contribution is 5.93. The fourth-order valence-corrected chi connectivity index (χ4v) is 2.57. The maximum atomic E-state index is 9.65. The Kier molecular flexibility index (Phi) is 3.38. The molecule has 1 N–H and O–H groups in total. The SMILES string of the molecule is O/C=C(/c1cccc2ccccc12)N1CCOCC1. The van der Waals surface area contributed by atoms with E-state index in [4.69, 9.17) is 4.74 Å². The largest absolute Gasteiger partial charge is 0.513 e. The molecule has 0 unspecified atom stereocenters. The molecular formula is C16H17NO2. The molecule has 2 aromatic rings. The third kappa shape index (κ3) is 2.29. The quantitative estimate of drug-likeness (QED) is 0.837. The zero-order valence-electron chi connectivity index (χ0n) is 10.7. The average Bonchev–Trinajstić information content (AvgIpc) is 2.49. The molecule has 0 aromatic heterocycles. The first-order valence-electron chi connectivity index (χ1n) is 6.55. The van der Waals surface area contributed by atoms with E-state index in [2.05, 4.69) is 29.2 Å². The van der Waals surface area contributed by atoms with Gasteiger partial charge in [0, 0.05) is 18.7 Å². The molecule has 1 aliphatic heterocycles. The molecular weight excluding hydrogens is 238 g/mol. The minimum atomic E-state index is 0.710. The summed E-state index contributed by atoms with van der Waals surface area (Å²) in [4.78, 5) is 2.17. The molecule has 1 fully saturated rings. The maximum Gasteiger partial charge on any atom is 0.103 e. The van der Waals surface area contributed by atoms with Crippen molar-refractivity contribution in [1.29, 1.82) is 0 Å². The van der Waals surface area contributed by atoms with Crippen LogP contribution in [0.3, 0.4) is 0 Å². The second kappa shape index (κ2) is 5.33. The van der Waals surface area contributed by atoms with E-state index in [1.54, 1.807) is 0 Å². The van der Waals surface area contributed by atoms with Gasteiger partial charge in [-0.1, -0.05) is 42.5 Å². The Hall–Kier alpha value is -2.00. The molecule has 2 aromatic carbocycles. The Bertz CT molecular complexity index is 595. The topological polar surface area (TPSA) is 32.7 Å². The fourth-order valence-electron chi connectivity index (χ4n) is 2.57. The van der Waals surface area contributed by atoms with Gasteiger partial charge in [-0.2, -0.15) is 0 Å². The van der Waals surface area contributed by atoms with Gasteiger partial charge in [-0.3, -0.25) is 0 Å². The lowest BCUT2D eigenvalue weighted by atomic mass is 10.0. The molecule has 0 atom stereocenters. The van der Waals surface area contributed by atoms with Crippen molar-refractivity contribution < 1.29 is 9.84 Å². The van der Waals surface area contributed by atoms with E-state index < -0.39 is 0 Å². The van der Waals surface area contributed by atoms with E-state index in [9.17, 15) is 5.11 Å². The molecule has 1 saturated heterocycles. The fraction of sp³-hybridized carbons (Fsp3) is 0.250. The number of hydrogen-bond acceptors (Lipinski definition) is 3. The first kappa shape index (κ1) is 12.1. The van der Waals surface area contributed by atoms with Crippen molar-refractivity contribution in [2.45, 2.75) is 0 Å². The van der Waals surface area contributed by atoms with Crippen LogP contribution in [-0.4, -0.2) is 36.3 Å². The van der Waals surface area contributed by atoms with Gasteiger partial charge >= 0.3 is 0 Å². The van der Waals surface area contributed by atoms with Crippen LogP contribution >= 0.6 is 0 Å². The van der Waals surface area contributed by atoms with Gasteiger partial charge in [0.05, 0.1) is 18.9 Å². The minimum Gasteiger partial charge on any atom is -0.513 e. The summed E-state index contributed by atoms with van der Waals surface area (Å²) >= 11 is 0. The van der Waals surface area contributed by atoms with Crippen molar-refractivity contribution in [3.63, 3.8) is 0 Å². The summed E-state index contributed by atoms with van der Waals surface area (Å²) in [5.74, 6) is 0. The Morgan fingerprint density at radius 1 is 1.05 bits per heavy atom. The molecule has 0 radical (unpaired) electrons. The smallest absolute Gasteiger partial charge is 0.103 e. The van der Waals surface area contributed by atoms with Gasteiger partial charge in [-0.15, -0.1) is 0 Å². The lowest BCUT2D eigenvalue weighted by Crippen LogP contribution is -2.35. The van der Waals surface area contributed by atoms with Crippen LogP contribution in [0.15, 0.2) is 48.7 Å². The van der Waals surface area contributed by atoms with Crippen LogP contribution in [0.1, 0.15) is 5.56 Å². The van der Waals surface area contributed by atoms with Crippen molar-refractivity contribution in [2.24, 2.45) is 0 Å². The summed E-state index contributed by atoms with van der Waals surface area (Å²) < 4.78 is 5.37. The highest BCUT2D eigenvalue weighted by atomic mass is 16.5. The number of nitrogens with zero attached hydrogens (tertiary/aromatic N) is 1. The molecule has 0 aliphatic carbocycles. The summed E-state index contributed by atoms with van der Waals surface area (Å²) in [7, 11) is 0. The summed E-state index contributed by atoms with van der Waals surface area (Å²) in [5, 5.41) is 12.0. The monoisotopic (exact) mass is 255 g/mol. The molecule has 0 amide bonds. The molecule has 19 heavy (non-hydrogen) atoms. The minimum absolute atomic E-state index is 0.710. The number of aliphatic hydroxyl groups excluding tert-OH is 1. The van der Waals surface area contributed by atoms with Gasteiger partial charge in [-0.05, 0) is 10.8 Å². The van der Waals surface area contributed by atoms with Crippen LogP contribution in [0.25, 0.3) is 16.5 Å². The predicted octanol–water partition coefficient (Wildman–Crippen LogP) is 3.03. The van der Waals surface area contributed by atoms with Gasteiger partial charge in [0.15, 0.2) is 0 Å². The zero-order valence-corrected chi connectivity index (χ0v) is 10.7. The van der Waals surface area contributed by atoms with Crippen molar-refractivity contribution in [1.82, 2.24) is 4.90 Å². The second-order valence-corrected chi connectivity index (χ2v) is 4.64. The molecule has 1 aliphatic rings. The highest BCUT2D eigenvalue weighted by Crippen LogP contribution is 2.27. The summed E-state index contributed by atoms with van der Waals surface area (Å²) in [6.45, 7) is 3.05. The van der Waals surface area contributed by atoms with E-state index in [1.165, 1.54) is 11.6 Å². The van der Waals surface area contributed by atoms with Gasteiger partial charge in [0.1, 0.15) is 6.26 Å². The van der Waals surface area contributed by atoms with Gasteiger partial charge in [0.2, 0.25) is 0 Å². The average molecular weight is 255 g/mol. The lowest BCUT2D eigenvalue weighted by Gasteiger charge is -2.31. The van der Waals surface area contributed by atoms with Crippen molar-refractivity contribution >= 4 is 16.5 Å². The highest BCUT2D eigenvalue weighted by Gasteiger charge is 2.17. The van der Waals surface area contributed by atoms with Gasteiger partial charge in [-0.25, -0.2) is 0 Å². The second-order valence-electron chi connectivity index (χ2n) is 4.64. The number of rotatable bonds is 2. The summed E-state index contributed by atoms with van der Waals surface area (Å²) in [6.07, 6.45) is 1.22. The Morgan fingerprint density at radius 3 is 2.58 bits per heavy atom. The third-order valence-corrected chi connectivity index (χ3v) is 3.54. The number of fused-ring (bicyclic) bond motifs is 1. The molecule has 0 saturated carbocycles. The van der Waals surface area contributed by atoms with Crippen molar-refractivity contribution in [3.8, 4) is 0 Å². The lowest BCUT2D eigenvalue weighted by molar-refractivity contribution is 0.0634. The van der Waals surface area contributed by atoms with Gasteiger partial charge in [0.25, 0.3) is 0 Å². The van der Waals surface area contributed by atoms with E-state index in [-0.39, 0.29) is 0 Å². The van der Waals surface area contributed by atoms with Crippen LogP contribution < -0.4 is 0 Å². The van der Waals surface area contributed by atoms with E-state index in [0.29, 0.717) is 13.2 Å². The van der Waals surface area contributed by atoms with Crippen molar-refractivity contribution in [2.75, 3.05) is 26.3 Å². The van der Waals surface area contributed by atoms with Crippen LogP contribution in [0, 0.1) is 0 Å². The molecule has 98 valence electrons. The van der Waals surface area contributed by atoms with Crippen LogP contribution in [0.2, 0.25) is 0 Å². The molecule has 1 heterocycles. The van der Waals surface area contributed by atoms with Crippen LogP contribution in [0.5, 0.6) is 0 Å². The van der Waals surface area contributed by atoms with Crippen LogP contribution in [0.4, 0.5) is 0 Å². The first-order valence-corrected chi connectivity index (χ1v) is 6.55. The number of aliphatic hydroxyl groups is 1. The Balaban J connectivity index is 2.06. The third-order valence-electron chi connectivity index (χ3n) is 3.54. The number of hydrogen-bond donors (Lipinski definition) is 1. The van der Waals surface area contributed by atoms with E-state index in [0.717, 1.165) is 29.7 Å². The molecule has 3 heteroatoms. The predicted molar refractivity (Wildman–Crippen MR) is 76.9 cm³/mol. The number of benzene rings is 2. The molecule has 0 spiro atoms. The molecule has 3 rings (SSSR count). The van der Waals surface area contributed by atoms with Crippen LogP contribution in [-0.2, 0) is 4.74 Å². The number of morpholine rings is 1. The Labute approximate surface area is 112 Å². The maximum absolute atomic E-state index is 9.65. The van der Waals surface area contributed by atoms with Gasteiger partial charge < -0.3 is 14.7 Å². The molecule has 3 nitrogen and oxygen atoms in total. The Morgan fingerprint density at radius 2 is 1.79 bits per heavy atom. The normalized spacial score (nSPS) is 16.8. The zero-order chi connectivity index (χ0) is 13.1. The first-order chi connectivity index (χ1) is 9.40. The summed E-state index contributed by atoms with van der Waals surface area (Å²) in [5.41, 5.74) is 1.95. The van der Waals surface area contributed by atoms with Crippen molar-refractivity contribution in [3.05, 3.63) is 54.3 Å². The summed E-state index contributed by atoms with van der Waals surface area (Å²) in [6, 6.07) is 14.4. The molecule has 0 bridgehead atoms. The van der Waals surface area contributed by atoms with E-state index >= 15 is 0 Å². The standard InChI is InChI=1S/C16H17NO2/c18-12-16(17-8-10-19-11-9-17)15-7-3-5-13-4-1-2-6-14(13)15/h1-7,12,18H,8-11H2/b16-12-. The number of ether oxygens (including phenoxy) is 1. The van der Waals surface area contributed by atoms with E-state index in [1.807, 2.05) is 18.2 Å².